The summed E-state index contributed by atoms with van der Waals surface area (Å²) in [5.41, 5.74) is 2.28. The highest BCUT2D eigenvalue weighted by Gasteiger charge is 2.29. The van der Waals surface area contributed by atoms with E-state index in [0.29, 0.717) is 0 Å². The first kappa shape index (κ1) is 14.9. The molecule has 2 unspecified atom stereocenters. The average Bonchev–Trinajstić information content (AvgIpc) is 3.23. The van der Waals surface area contributed by atoms with Crippen molar-refractivity contribution in [1.29, 1.82) is 0 Å². The number of hydrogen-bond donors (Lipinski definition) is 0. The van der Waals surface area contributed by atoms with E-state index in [-0.39, 0.29) is 11.9 Å². The molecule has 1 aliphatic heterocycles. The van der Waals surface area contributed by atoms with Crippen molar-refractivity contribution in [2.24, 2.45) is 5.92 Å². The molecule has 6 heteroatoms. The van der Waals surface area contributed by atoms with Gasteiger partial charge in [0.05, 0.1) is 11.6 Å². The molecule has 1 amide bonds. The Balaban J connectivity index is 1.53. The summed E-state index contributed by atoms with van der Waals surface area (Å²) in [6, 6.07) is 0.254. The number of hydrogen-bond acceptors (Lipinski definition) is 4. The van der Waals surface area contributed by atoms with Gasteiger partial charge in [-0.05, 0) is 43.6 Å². The highest BCUT2D eigenvalue weighted by Crippen LogP contribution is 2.34. The van der Waals surface area contributed by atoms with E-state index in [9.17, 15) is 4.79 Å². The van der Waals surface area contributed by atoms with E-state index < -0.39 is 0 Å². The molecule has 3 heterocycles. The van der Waals surface area contributed by atoms with Crippen LogP contribution in [0.5, 0.6) is 0 Å². The summed E-state index contributed by atoms with van der Waals surface area (Å²) < 4.78 is 1.89. The van der Waals surface area contributed by atoms with Crippen LogP contribution in [0.15, 0.2) is 18.0 Å². The lowest BCUT2D eigenvalue weighted by Gasteiger charge is -2.33. The van der Waals surface area contributed by atoms with Gasteiger partial charge in [-0.15, -0.1) is 11.3 Å². The molecular weight excluding hydrogens is 308 g/mol. The van der Waals surface area contributed by atoms with Crippen LogP contribution in [-0.4, -0.2) is 38.7 Å². The van der Waals surface area contributed by atoms with Gasteiger partial charge in [0.15, 0.2) is 0 Å². The fourth-order valence-corrected chi connectivity index (χ4v) is 5.03. The normalized spacial score (nSPS) is 24.5. The molecule has 0 bridgehead atoms. The fraction of sp³-hybridized carbons (Fsp3) is 0.588. The second-order valence-electron chi connectivity index (χ2n) is 6.82. The highest BCUT2D eigenvalue weighted by molar-refractivity contribution is 7.10. The van der Waals surface area contributed by atoms with E-state index in [1.807, 2.05) is 9.58 Å². The lowest BCUT2D eigenvalue weighted by molar-refractivity contribution is 0.0672. The maximum atomic E-state index is 13.0. The number of piperidine rings is 1. The fourth-order valence-electron chi connectivity index (χ4n) is 3.79. The number of carbonyl (C=O) groups is 1. The van der Waals surface area contributed by atoms with Gasteiger partial charge in [-0.2, -0.15) is 5.10 Å². The van der Waals surface area contributed by atoms with Crippen LogP contribution in [0.3, 0.4) is 0 Å². The molecule has 2 aromatic heterocycles. The Morgan fingerprint density at radius 3 is 3.13 bits per heavy atom. The number of likely N-dealkylation sites (tertiary alicyclic amines) is 1. The van der Waals surface area contributed by atoms with E-state index in [2.05, 4.69) is 22.4 Å². The molecule has 0 radical (unpaired) electrons. The third kappa shape index (κ3) is 2.80. The van der Waals surface area contributed by atoms with Crippen molar-refractivity contribution in [2.75, 3.05) is 13.1 Å². The summed E-state index contributed by atoms with van der Waals surface area (Å²) in [5.74, 6) is 0.956. The number of aromatic nitrogens is 3. The standard InChI is InChI=1S/C17H22N4OS/c1-12-4-5-14-15(9-23-16(14)7-12)17(22)20-6-2-3-13(8-20)21-11-18-10-19-21/h9-13H,2-8H2,1H3. The molecule has 122 valence electrons. The lowest BCUT2D eigenvalue weighted by Crippen LogP contribution is -2.41. The van der Waals surface area contributed by atoms with Crippen LogP contribution in [0.1, 0.15) is 53.0 Å². The summed E-state index contributed by atoms with van der Waals surface area (Å²) in [6.07, 6.45) is 8.80. The van der Waals surface area contributed by atoms with Crippen molar-refractivity contribution in [1.82, 2.24) is 19.7 Å². The molecule has 2 aliphatic rings. The summed E-state index contributed by atoms with van der Waals surface area (Å²) in [6.45, 7) is 3.89. The van der Waals surface area contributed by atoms with Gasteiger partial charge in [0.1, 0.15) is 12.7 Å². The van der Waals surface area contributed by atoms with Gasteiger partial charge in [0.25, 0.3) is 5.91 Å². The van der Waals surface area contributed by atoms with Crippen molar-refractivity contribution < 1.29 is 4.79 Å². The molecule has 2 atom stereocenters. The maximum Gasteiger partial charge on any atom is 0.255 e. The molecule has 1 aliphatic carbocycles. The van der Waals surface area contributed by atoms with Gasteiger partial charge in [0.2, 0.25) is 0 Å². The quantitative estimate of drug-likeness (QED) is 0.851. The Morgan fingerprint density at radius 2 is 2.30 bits per heavy atom. The molecule has 0 aromatic carbocycles. The van der Waals surface area contributed by atoms with Crippen molar-refractivity contribution in [3.05, 3.63) is 34.0 Å². The molecule has 1 saturated heterocycles. The zero-order valence-electron chi connectivity index (χ0n) is 13.4. The molecule has 0 spiro atoms. The summed E-state index contributed by atoms with van der Waals surface area (Å²) in [4.78, 5) is 20.5. The van der Waals surface area contributed by atoms with Gasteiger partial charge >= 0.3 is 0 Å². The molecule has 1 fully saturated rings. The molecule has 4 rings (SSSR count). The first-order valence-corrected chi connectivity index (χ1v) is 9.33. The van der Waals surface area contributed by atoms with Crippen LogP contribution in [0.25, 0.3) is 0 Å². The number of fused-ring (bicyclic) bond motifs is 1. The lowest BCUT2D eigenvalue weighted by atomic mass is 9.88. The Kier molecular flexibility index (Phi) is 3.93. The Hall–Kier alpha value is -1.69. The zero-order chi connectivity index (χ0) is 15.8. The van der Waals surface area contributed by atoms with E-state index in [4.69, 9.17) is 0 Å². The predicted molar refractivity (Wildman–Crippen MR) is 89.7 cm³/mol. The van der Waals surface area contributed by atoms with Crippen molar-refractivity contribution >= 4 is 17.2 Å². The third-order valence-electron chi connectivity index (χ3n) is 5.13. The largest absolute Gasteiger partial charge is 0.336 e. The van der Waals surface area contributed by atoms with Crippen LogP contribution in [0, 0.1) is 5.92 Å². The van der Waals surface area contributed by atoms with Crippen LogP contribution in [-0.2, 0) is 12.8 Å². The predicted octanol–water partition coefficient (Wildman–Crippen LogP) is 2.94. The molecular formula is C17H22N4OS. The van der Waals surface area contributed by atoms with Crippen LogP contribution >= 0.6 is 11.3 Å². The monoisotopic (exact) mass is 330 g/mol. The zero-order valence-corrected chi connectivity index (χ0v) is 14.3. The van der Waals surface area contributed by atoms with Gasteiger partial charge in [-0.3, -0.25) is 4.79 Å². The van der Waals surface area contributed by atoms with Crippen LogP contribution < -0.4 is 0 Å². The average molecular weight is 330 g/mol. The Morgan fingerprint density at radius 1 is 1.39 bits per heavy atom. The molecule has 0 N–H and O–H groups in total. The number of nitrogens with zero attached hydrogens (tertiary/aromatic N) is 4. The molecule has 2 aromatic rings. The molecule has 5 nitrogen and oxygen atoms in total. The van der Waals surface area contributed by atoms with E-state index >= 15 is 0 Å². The number of thiophene rings is 1. The Labute approximate surface area is 140 Å². The summed E-state index contributed by atoms with van der Waals surface area (Å²) in [7, 11) is 0. The van der Waals surface area contributed by atoms with Gasteiger partial charge in [-0.25, -0.2) is 9.67 Å². The SMILES string of the molecule is CC1CCc2c(C(=O)N3CCCC(n4cncn4)C3)csc2C1. The maximum absolute atomic E-state index is 13.0. The number of amides is 1. The van der Waals surface area contributed by atoms with E-state index in [0.717, 1.165) is 50.3 Å². The minimum atomic E-state index is 0.210. The second kappa shape index (κ2) is 6.07. The minimum absolute atomic E-state index is 0.210. The van der Waals surface area contributed by atoms with E-state index in [1.165, 1.54) is 16.9 Å². The third-order valence-corrected chi connectivity index (χ3v) is 6.18. The summed E-state index contributed by atoms with van der Waals surface area (Å²) >= 11 is 1.77. The second-order valence-corrected chi connectivity index (χ2v) is 7.79. The Bertz CT molecular complexity index is 694. The topological polar surface area (TPSA) is 51.0 Å². The van der Waals surface area contributed by atoms with Gasteiger partial charge in [0, 0.05) is 23.3 Å². The first-order chi connectivity index (χ1) is 11.2. The highest BCUT2D eigenvalue weighted by atomic mass is 32.1. The summed E-state index contributed by atoms with van der Waals surface area (Å²) in [5, 5.41) is 6.33. The molecule has 23 heavy (non-hydrogen) atoms. The van der Waals surface area contributed by atoms with Crippen molar-refractivity contribution in [2.45, 2.75) is 45.1 Å². The van der Waals surface area contributed by atoms with E-state index in [1.54, 1.807) is 24.0 Å². The number of rotatable bonds is 2. The smallest absolute Gasteiger partial charge is 0.255 e. The van der Waals surface area contributed by atoms with Crippen molar-refractivity contribution in [3.8, 4) is 0 Å². The number of carbonyl (C=O) groups excluding carboxylic acids is 1. The van der Waals surface area contributed by atoms with Gasteiger partial charge < -0.3 is 4.90 Å². The van der Waals surface area contributed by atoms with Crippen LogP contribution in [0.4, 0.5) is 0 Å². The van der Waals surface area contributed by atoms with Crippen molar-refractivity contribution in [3.63, 3.8) is 0 Å². The van der Waals surface area contributed by atoms with Gasteiger partial charge in [-0.1, -0.05) is 6.92 Å². The first-order valence-electron chi connectivity index (χ1n) is 8.45. The minimum Gasteiger partial charge on any atom is -0.336 e. The van der Waals surface area contributed by atoms with Crippen LogP contribution in [0.2, 0.25) is 0 Å². The molecule has 0 saturated carbocycles.